The third-order valence-corrected chi connectivity index (χ3v) is 4.32. The first-order valence-electron chi connectivity index (χ1n) is 8.14. The summed E-state index contributed by atoms with van der Waals surface area (Å²) < 4.78 is 0. The quantitative estimate of drug-likeness (QED) is 0.854. The van der Waals surface area contributed by atoms with Crippen LogP contribution in [0, 0.1) is 11.8 Å². The Hall–Kier alpha value is -1.02. The van der Waals surface area contributed by atoms with E-state index in [0.29, 0.717) is 6.04 Å². The van der Waals surface area contributed by atoms with E-state index in [1.165, 1.54) is 43.6 Å². The molecule has 0 radical (unpaired) electrons. The molecule has 20 heavy (non-hydrogen) atoms. The highest BCUT2D eigenvalue weighted by atomic mass is 15.1. The first kappa shape index (κ1) is 15.4. The van der Waals surface area contributed by atoms with E-state index < -0.39 is 0 Å². The molecule has 3 unspecified atom stereocenters. The molecule has 2 nitrogen and oxygen atoms in total. The van der Waals surface area contributed by atoms with Crippen molar-refractivity contribution in [2.75, 3.05) is 18.0 Å². The van der Waals surface area contributed by atoms with Gasteiger partial charge in [0.05, 0.1) is 0 Å². The van der Waals surface area contributed by atoms with E-state index in [2.05, 4.69) is 49.9 Å². The van der Waals surface area contributed by atoms with Gasteiger partial charge in [0.25, 0.3) is 0 Å². The third-order valence-electron chi connectivity index (χ3n) is 4.32. The third kappa shape index (κ3) is 4.24. The van der Waals surface area contributed by atoms with E-state index in [9.17, 15) is 0 Å². The topological polar surface area (TPSA) is 29.3 Å². The van der Waals surface area contributed by atoms with Gasteiger partial charge in [0, 0.05) is 24.8 Å². The molecule has 0 bridgehead atoms. The summed E-state index contributed by atoms with van der Waals surface area (Å²) >= 11 is 0. The number of benzene rings is 1. The molecule has 1 heterocycles. The number of fused-ring (bicyclic) bond motifs is 1. The zero-order valence-corrected chi connectivity index (χ0v) is 13.3. The average molecular weight is 274 g/mol. The number of rotatable bonds is 6. The lowest BCUT2D eigenvalue weighted by Crippen LogP contribution is -2.37. The minimum absolute atomic E-state index is 0.345. The highest BCUT2D eigenvalue weighted by molar-refractivity contribution is 5.55. The molecule has 0 aliphatic carbocycles. The predicted molar refractivity (Wildman–Crippen MR) is 88.2 cm³/mol. The molecule has 0 fully saturated rings. The number of anilines is 1. The van der Waals surface area contributed by atoms with E-state index in [0.717, 1.165) is 18.3 Å². The molecule has 1 aromatic carbocycles. The summed E-state index contributed by atoms with van der Waals surface area (Å²) in [7, 11) is 0. The normalized spacial score (nSPS) is 21.4. The highest BCUT2D eigenvalue weighted by Gasteiger charge is 2.22. The Balaban J connectivity index is 1.92. The first-order chi connectivity index (χ1) is 9.56. The summed E-state index contributed by atoms with van der Waals surface area (Å²) in [5, 5.41) is 0. The molecule has 112 valence electrons. The molecule has 2 rings (SSSR count). The van der Waals surface area contributed by atoms with Crippen molar-refractivity contribution in [3.05, 3.63) is 29.8 Å². The minimum Gasteiger partial charge on any atom is -0.371 e. The van der Waals surface area contributed by atoms with Crippen LogP contribution in [0.15, 0.2) is 24.3 Å². The number of nitrogens with zero attached hydrogens (tertiary/aromatic N) is 1. The Kier molecular flexibility index (Phi) is 5.47. The van der Waals surface area contributed by atoms with Crippen LogP contribution >= 0.6 is 0 Å². The van der Waals surface area contributed by atoms with Crippen molar-refractivity contribution in [1.82, 2.24) is 0 Å². The van der Waals surface area contributed by atoms with Crippen molar-refractivity contribution in [3.8, 4) is 0 Å². The van der Waals surface area contributed by atoms with Crippen LogP contribution in [0.4, 0.5) is 5.69 Å². The smallest absolute Gasteiger partial charge is 0.0399 e. The fraction of sp³-hybridized carbons (Fsp3) is 0.667. The Bertz CT molecular complexity index is 414. The number of hydrogen-bond donors (Lipinski definition) is 1. The highest BCUT2D eigenvalue weighted by Crippen LogP contribution is 2.30. The first-order valence-corrected chi connectivity index (χ1v) is 8.14. The summed E-state index contributed by atoms with van der Waals surface area (Å²) in [6.45, 7) is 9.23. The van der Waals surface area contributed by atoms with Crippen LogP contribution in [0.25, 0.3) is 0 Å². The molecule has 0 amide bonds. The van der Waals surface area contributed by atoms with Gasteiger partial charge in [-0.25, -0.2) is 0 Å². The fourth-order valence-electron chi connectivity index (χ4n) is 3.34. The molecule has 1 aliphatic rings. The van der Waals surface area contributed by atoms with Crippen LogP contribution in [0.5, 0.6) is 0 Å². The van der Waals surface area contributed by atoms with E-state index in [-0.39, 0.29) is 0 Å². The number of hydrogen-bond acceptors (Lipinski definition) is 2. The van der Waals surface area contributed by atoms with E-state index in [1.54, 1.807) is 0 Å². The standard InChI is InChI=1S/C18H30N2/c1-14(7-6-8-16(3)19)12-20-13-15(2)11-17-9-4-5-10-18(17)20/h4-5,9-10,14-16H,6-8,11-13,19H2,1-3H3. The van der Waals surface area contributed by atoms with Gasteiger partial charge in [-0.3, -0.25) is 0 Å². The van der Waals surface area contributed by atoms with Crippen LogP contribution in [-0.4, -0.2) is 19.1 Å². The lowest BCUT2D eigenvalue weighted by Gasteiger charge is -2.36. The van der Waals surface area contributed by atoms with Crippen LogP contribution in [0.1, 0.15) is 45.6 Å². The Morgan fingerprint density at radius 2 is 2.00 bits per heavy atom. The number of para-hydroxylation sites is 1. The monoisotopic (exact) mass is 274 g/mol. The van der Waals surface area contributed by atoms with Gasteiger partial charge in [0.15, 0.2) is 0 Å². The Morgan fingerprint density at radius 1 is 1.25 bits per heavy atom. The van der Waals surface area contributed by atoms with E-state index in [4.69, 9.17) is 5.73 Å². The van der Waals surface area contributed by atoms with Crippen LogP contribution in [-0.2, 0) is 6.42 Å². The van der Waals surface area contributed by atoms with Gasteiger partial charge >= 0.3 is 0 Å². The summed E-state index contributed by atoms with van der Waals surface area (Å²) in [4.78, 5) is 2.60. The van der Waals surface area contributed by atoms with E-state index in [1.807, 2.05) is 0 Å². The second-order valence-corrected chi connectivity index (χ2v) is 6.86. The lowest BCUT2D eigenvalue weighted by atomic mass is 9.92. The van der Waals surface area contributed by atoms with Gasteiger partial charge in [-0.15, -0.1) is 0 Å². The summed E-state index contributed by atoms with van der Waals surface area (Å²) in [5.74, 6) is 1.51. The van der Waals surface area contributed by atoms with Gasteiger partial charge in [0.2, 0.25) is 0 Å². The average Bonchev–Trinajstić information content (AvgIpc) is 2.38. The van der Waals surface area contributed by atoms with Gasteiger partial charge < -0.3 is 10.6 Å². The van der Waals surface area contributed by atoms with Gasteiger partial charge in [0.1, 0.15) is 0 Å². The minimum atomic E-state index is 0.345. The zero-order chi connectivity index (χ0) is 14.5. The van der Waals surface area contributed by atoms with Crippen LogP contribution in [0.3, 0.4) is 0 Å². The molecule has 2 N–H and O–H groups in total. The van der Waals surface area contributed by atoms with Crippen LogP contribution < -0.4 is 10.6 Å². The maximum absolute atomic E-state index is 5.83. The molecule has 2 heteroatoms. The molecule has 0 aromatic heterocycles. The van der Waals surface area contributed by atoms with Crippen molar-refractivity contribution in [3.63, 3.8) is 0 Å². The summed E-state index contributed by atoms with van der Waals surface area (Å²) in [5.41, 5.74) is 8.82. The maximum Gasteiger partial charge on any atom is 0.0399 e. The molecule has 1 aromatic rings. The van der Waals surface area contributed by atoms with Crippen molar-refractivity contribution >= 4 is 5.69 Å². The fourth-order valence-corrected chi connectivity index (χ4v) is 3.34. The van der Waals surface area contributed by atoms with Crippen LogP contribution in [0.2, 0.25) is 0 Å². The second kappa shape index (κ2) is 7.12. The van der Waals surface area contributed by atoms with Crippen molar-refractivity contribution in [2.45, 2.75) is 52.5 Å². The molecule has 0 spiro atoms. The van der Waals surface area contributed by atoms with Gasteiger partial charge in [-0.05, 0) is 49.7 Å². The predicted octanol–water partition coefficient (Wildman–Crippen LogP) is 3.84. The molecule has 0 saturated carbocycles. The molecule has 0 saturated heterocycles. The lowest BCUT2D eigenvalue weighted by molar-refractivity contribution is 0.446. The molecule has 1 aliphatic heterocycles. The van der Waals surface area contributed by atoms with Crippen molar-refractivity contribution in [2.24, 2.45) is 17.6 Å². The van der Waals surface area contributed by atoms with Crippen molar-refractivity contribution in [1.29, 1.82) is 0 Å². The van der Waals surface area contributed by atoms with Gasteiger partial charge in [-0.2, -0.15) is 0 Å². The summed E-state index contributed by atoms with van der Waals surface area (Å²) in [6, 6.07) is 9.26. The second-order valence-electron chi connectivity index (χ2n) is 6.86. The molecular formula is C18H30N2. The molecule has 3 atom stereocenters. The van der Waals surface area contributed by atoms with Crippen molar-refractivity contribution < 1.29 is 0 Å². The number of nitrogens with two attached hydrogens (primary N) is 1. The SMILES string of the molecule is CC(N)CCCC(C)CN1CC(C)Cc2ccccc21. The largest absolute Gasteiger partial charge is 0.371 e. The summed E-state index contributed by atoms with van der Waals surface area (Å²) in [6.07, 6.45) is 4.92. The molecular weight excluding hydrogens is 244 g/mol. The Labute approximate surface area is 124 Å². The maximum atomic E-state index is 5.83. The zero-order valence-electron chi connectivity index (χ0n) is 13.3. The Morgan fingerprint density at radius 3 is 2.75 bits per heavy atom. The van der Waals surface area contributed by atoms with E-state index >= 15 is 0 Å². The van der Waals surface area contributed by atoms with Gasteiger partial charge in [-0.1, -0.05) is 38.5 Å².